The van der Waals surface area contributed by atoms with E-state index in [-0.39, 0.29) is 31.7 Å². The number of esters is 1. The summed E-state index contributed by atoms with van der Waals surface area (Å²) >= 11 is 0. The summed E-state index contributed by atoms with van der Waals surface area (Å²) in [5.41, 5.74) is 1.41. The molecule has 0 unspecified atom stereocenters. The van der Waals surface area contributed by atoms with Gasteiger partial charge in [0, 0.05) is 5.56 Å². The molecule has 26 heavy (non-hydrogen) atoms. The molecule has 0 aromatic heterocycles. The highest BCUT2D eigenvalue weighted by Gasteiger charge is 2.17. The number of Topliss-reactive ketones (excluding diaryl/α,β-unsaturated/α-hetero) is 1. The van der Waals surface area contributed by atoms with E-state index in [9.17, 15) is 9.59 Å². The number of hydrogen-bond donors (Lipinski definition) is 0. The number of carbonyl (C=O) groups excluding carboxylic acids is 2. The van der Waals surface area contributed by atoms with Crippen LogP contribution < -0.4 is 14.2 Å². The summed E-state index contributed by atoms with van der Waals surface area (Å²) in [4.78, 5) is 24.0. The second-order valence-electron chi connectivity index (χ2n) is 6.13. The van der Waals surface area contributed by atoms with Gasteiger partial charge in [-0.05, 0) is 35.7 Å². The molecule has 0 bridgehead atoms. The second-order valence-corrected chi connectivity index (χ2v) is 6.13. The zero-order chi connectivity index (χ0) is 18.5. The summed E-state index contributed by atoms with van der Waals surface area (Å²) in [7, 11) is 0. The van der Waals surface area contributed by atoms with E-state index >= 15 is 0 Å². The van der Waals surface area contributed by atoms with E-state index in [2.05, 4.69) is 0 Å². The Morgan fingerprint density at radius 3 is 2.62 bits per heavy atom. The molecular formula is C20H20O6. The molecule has 0 atom stereocenters. The van der Waals surface area contributed by atoms with Crippen LogP contribution in [0, 0.1) is 0 Å². The zero-order valence-corrected chi connectivity index (χ0v) is 14.7. The van der Waals surface area contributed by atoms with Crippen LogP contribution in [-0.4, -0.2) is 31.8 Å². The molecule has 1 aliphatic heterocycles. The van der Waals surface area contributed by atoms with E-state index in [1.807, 2.05) is 32.0 Å². The van der Waals surface area contributed by atoms with Gasteiger partial charge in [-0.3, -0.25) is 4.79 Å². The van der Waals surface area contributed by atoms with Crippen LogP contribution in [0.15, 0.2) is 42.5 Å². The molecule has 0 aliphatic carbocycles. The molecule has 0 amide bonds. The minimum absolute atomic E-state index is 0.136. The quantitative estimate of drug-likeness (QED) is 0.560. The lowest BCUT2D eigenvalue weighted by molar-refractivity contribution is -0.144. The van der Waals surface area contributed by atoms with E-state index in [0.29, 0.717) is 22.8 Å². The van der Waals surface area contributed by atoms with Crippen molar-refractivity contribution in [3.63, 3.8) is 0 Å². The van der Waals surface area contributed by atoms with E-state index in [0.717, 1.165) is 5.56 Å². The Morgan fingerprint density at radius 1 is 1.04 bits per heavy atom. The number of rotatable bonds is 7. The molecule has 2 aromatic carbocycles. The Labute approximate surface area is 151 Å². The Kier molecular flexibility index (Phi) is 5.41. The van der Waals surface area contributed by atoms with E-state index in [1.165, 1.54) is 0 Å². The summed E-state index contributed by atoms with van der Waals surface area (Å²) < 4.78 is 21.0. The zero-order valence-electron chi connectivity index (χ0n) is 14.7. The topological polar surface area (TPSA) is 71.1 Å². The first-order valence-electron chi connectivity index (χ1n) is 8.35. The van der Waals surface area contributed by atoms with E-state index in [1.54, 1.807) is 24.3 Å². The standard InChI is InChI=1S/C20H20O6/c1-13(2)15-5-3-4-6-17(15)23-11-20(22)24-10-16(21)14-7-8-18-19(9-14)26-12-25-18/h3-9,13H,10-12H2,1-2H3. The number of carbonyl (C=O) groups is 2. The van der Waals surface area contributed by atoms with Crippen molar-refractivity contribution in [1.29, 1.82) is 0 Å². The number of ketones is 1. The molecule has 6 heteroatoms. The predicted octanol–water partition coefficient (Wildman–Crippen LogP) is 3.34. The molecule has 136 valence electrons. The van der Waals surface area contributed by atoms with Gasteiger partial charge >= 0.3 is 5.97 Å². The maximum Gasteiger partial charge on any atom is 0.344 e. The number of benzene rings is 2. The molecule has 0 fully saturated rings. The molecule has 3 rings (SSSR count). The fraction of sp³-hybridized carbons (Fsp3) is 0.300. The highest BCUT2D eigenvalue weighted by Crippen LogP contribution is 2.32. The summed E-state index contributed by atoms with van der Waals surface area (Å²) in [6, 6.07) is 12.4. The largest absolute Gasteiger partial charge is 0.482 e. The van der Waals surface area contributed by atoms with Crippen LogP contribution in [0.1, 0.15) is 35.7 Å². The van der Waals surface area contributed by atoms with Crippen molar-refractivity contribution in [2.24, 2.45) is 0 Å². The number of ether oxygens (including phenoxy) is 4. The SMILES string of the molecule is CC(C)c1ccccc1OCC(=O)OCC(=O)c1ccc2c(c1)OCO2. The maximum atomic E-state index is 12.2. The third kappa shape index (κ3) is 4.14. The molecule has 0 radical (unpaired) electrons. The van der Waals surface area contributed by atoms with Crippen molar-refractivity contribution in [2.75, 3.05) is 20.0 Å². The van der Waals surface area contributed by atoms with Gasteiger partial charge in [-0.2, -0.15) is 0 Å². The van der Waals surface area contributed by atoms with Gasteiger partial charge in [0.15, 0.2) is 30.5 Å². The van der Waals surface area contributed by atoms with E-state index < -0.39 is 5.97 Å². The average molecular weight is 356 g/mol. The molecule has 0 N–H and O–H groups in total. The van der Waals surface area contributed by atoms with Crippen LogP contribution in [0.2, 0.25) is 0 Å². The van der Waals surface area contributed by atoms with Crippen molar-refractivity contribution >= 4 is 11.8 Å². The van der Waals surface area contributed by atoms with Crippen LogP contribution in [0.4, 0.5) is 0 Å². The fourth-order valence-corrected chi connectivity index (χ4v) is 2.57. The Balaban J connectivity index is 1.51. The molecule has 0 saturated heterocycles. The number of para-hydroxylation sites is 1. The summed E-state index contributed by atoms with van der Waals surface area (Å²) in [6.45, 7) is 3.62. The van der Waals surface area contributed by atoms with Crippen molar-refractivity contribution in [3.8, 4) is 17.2 Å². The number of fused-ring (bicyclic) bond motifs is 1. The molecule has 0 spiro atoms. The average Bonchev–Trinajstić information content (AvgIpc) is 3.12. The van der Waals surface area contributed by atoms with Gasteiger partial charge in [0.25, 0.3) is 0 Å². The van der Waals surface area contributed by atoms with Crippen LogP contribution in [0.3, 0.4) is 0 Å². The fourth-order valence-electron chi connectivity index (χ4n) is 2.57. The van der Waals surface area contributed by atoms with Crippen LogP contribution in [-0.2, 0) is 9.53 Å². The Bertz CT molecular complexity index is 812. The van der Waals surface area contributed by atoms with Gasteiger partial charge in [-0.1, -0.05) is 32.0 Å². The molecular weight excluding hydrogens is 336 g/mol. The lowest BCUT2D eigenvalue weighted by atomic mass is 10.0. The first-order chi connectivity index (χ1) is 12.5. The summed E-state index contributed by atoms with van der Waals surface area (Å²) in [5.74, 6) is 1.10. The normalized spacial score (nSPS) is 12.1. The lowest BCUT2D eigenvalue weighted by Crippen LogP contribution is -2.20. The highest BCUT2D eigenvalue weighted by atomic mass is 16.7. The maximum absolute atomic E-state index is 12.2. The van der Waals surface area contributed by atoms with Gasteiger partial charge in [0.2, 0.25) is 6.79 Å². The third-order valence-corrected chi connectivity index (χ3v) is 3.95. The molecule has 1 aliphatic rings. The van der Waals surface area contributed by atoms with Gasteiger partial charge < -0.3 is 18.9 Å². The van der Waals surface area contributed by atoms with Crippen LogP contribution in [0.25, 0.3) is 0 Å². The van der Waals surface area contributed by atoms with Crippen molar-refractivity contribution < 1.29 is 28.5 Å². The minimum Gasteiger partial charge on any atom is -0.482 e. The summed E-state index contributed by atoms with van der Waals surface area (Å²) in [6.07, 6.45) is 0. The molecule has 1 heterocycles. The van der Waals surface area contributed by atoms with Crippen molar-refractivity contribution in [3.05, 3.63) is 53.6 Å². The third-order valence-electron chi connectivity index (χ3n) is 3.95. The van der Waals surface area contributed by atoms with E-state index in [4.69, 9.17) is 18.9 Å². The molecule has 6 nitrogen and oxygen atoms in total. The molecule has 2 aromatic rings. The smallest absolute Gasteiger partial charge is 0.344 e. The Morgan fingerprint density at radius 2 is 1.81 bits per heavy atom. The summed E-state index contributed by atoms with van der Waals surface area (Å²) in [5, 5.41) is 0. The highest BCUT2D eigenvalue weighted by molar-refractivity contribution is 5.98. The Hall–Kier alpha value is -3.02. The lowest BCUT2D eigenvalue weighted by Gasteiger charge is -2.13. The van der Waals surface area contributed by atoms with Gasteiger partial charge in [-0.25, -0.2) is 4.79 Å². The first-order valence-corrected chi connectivity index (χ1v) is 8.35. The number of hydrogen-bond acceptors (Lipinski definition) is 6. The first kappa shape index (κ1) is 17.8. The second kappa shape index (κ2) is 7.91. The van der Waals surface area contributed by atoms with Gasteiger partial charge in [0.1, 0.15) is 5.75 Å². The van der Waals surface area contributed by atoms with Crippen molar-refractivity contribution in [2.45, 2.75) is 19.8 Å². The minimum atomic E-state index is -0.599. The van der Waals surface area contributed by atoms with Crippen LogP contribution in [0.5, 0.6) is 17.2 Å². The van der Waals surface area contributed by atoms with Gasteiger partial charge in [0.05, 0.1) is 0 Å². The molecule has 0 saturated carbocycles. The van der Waals surface area contributed by atoms with Gasteiger partial charge in [-0.15, -0.1) is 0 Å². The van der Waals surface area contributed by atoms with Crippen LogP contribution >= 0.6 is 0 Å². The monoisotopic (exact) mass is 356 g/mol. The van der Waals surface area contributed by atoms with Crippen molar-refractivity contribution in [1.82, 2.24) is 0 Å². The predicted molar refractivity (Wildman–Crippen MR) is 93.9 cm³/mol.